The molecule has 0 aliphatic carbocycles. The van der Waals surface area contributed by atoms with Gasteiger partial charge in [0.15, 0.2) is 5.69 Å². The first kappa shape index (κ1) is 18.6. The van der Waals surface area contributed by atoms with Crippen molar-refractivity contribution in [3.8, 4) is 0 Å². The number of nitrogens with one attached hydrogen (secondary N) is 1. The molecule has 1 aromatic heterocycles. The maximum atomic E-state index is 12.9. The molecule has 0 aliphatic heterocycles. The average molecular weight is 344 g/mol. The highest BCUT2D eigenvalue weighted by Crippen LogP contribution is 2.15. The van der Waals surface area contributed by atoms with Gasteiger partial charge in [-0.15, -0.1) is 0 Å². The fourth-order valence-corrected chi connectivity index (χ4v) is 2.58. The van der Waals surface area contributed by atoms with Crippen LogP contribution in [0.3, 0.4) is 0 Å². The quantitative estimate of drug-likeness (QED) is 0.823. The van der Waals surface area contributed by atoms with E-state index >= 15 is 0 Å². The van der Waals surface area contributed by atoms with E-state index in [1.54, 1.807) is 31.2 Å². The summed E-state index contributed by atoms with van der Waals surface area (Å²) < 4.78 is 1.35. The van der Waals surface area contributed by atoms with E-state index < -0.39 is 0 Å². The number of benzene rings is 1. The molecule has 7 nitrogen and oxygen atoms in total. The van der Waals surface area contributed by atoms with Crippen LogP contribution >= 0.6 is 0 Å². The Hall–Kier alpha value is -2.70. The maximum absolute atomic E-state index is 12.9. The topological polar surface area (TPSA) is 84.3 Å². The van der Waals surface area contributed by atoms with Crippen LogP contribution in [0.4, 0.5) is 0 Å². The fraction of sp³-hybridized carbons (Fsp3) is 0.444. The van der Waals surface area contributed by atoms with E-state index in [1.807, 2.05) is 6.92 Å². The fourth-order valence-electron chi connectivity index (χ4n) is 2.58. The van der Waals surface area contributed by atoms with Crippen LogP contribution < -0.4 is 10.9 Å². The van der Waals surface area contributed by atoms with Crippen LogP contribution in [0.1, 0.15) is 37.2 Å². The van der Waals surface area contributed by atoms with Crippen molar-refractivity contribution < 1.29 is 9.59 Å². The minimum atomic E-state index is -0.354. The van der Waals surface area contributed by atoms with E-state index in [0.717, 1.165) is 12.8 Å². The third kappa shape index (κ3) is 4.04. The number of amides is 2. The van der Waals surface area contributed by atoms with Crippen LogP contribution in [0.25, 0.3) is 10.8 Å². The third-order valence-electron chi connectivity index (χ3n) is 4.08. The second kappa shape index (κ2) is 8.41. The molecule has 2 amide bonds. The zero-order chi connectivity index (χ0) is 18.4. The standard InChI is InChI=1S/C18H24N4O3/c1-4-6-11-22-17(24)14-10-8-7-9-13(14)16(20-22)18(25)21(5-2)12-15(23)19-3/h7-10H,4-6,11-12H2,1-3H3,(H,19,23). The summed E-state index contributed by atoms with van der Waals surface area (Å²) in [5.74, 6) is -0.605. The van der Waals surface area contributed by atoms with Crippen LogP contribution in [0.2, 0.25) is 0 Å². The van der Waals surface area contributed by atoms with E-state index in [1.165, 1.54) is 16.6 Å². The maximum Gasteiger partial charge on any atom is 0.275 e. The summed E-state index contributed by atoms with van der Waals surface area (Å²) in [4.78, 5) is 38.6. The number of rotatable bonds is 7. The molecule has 1 aromatic carbocycles. The van der Waals surface area contributed by atoms with Gasteiger partial charge in [-0.25, -0.2) is 4.68 Å². The Kier molecular flexibility index (Phi) is 6.27. The molecule has 2 rings (SSSR count). The normalized spacial score (nSPS) is 10.7. The minimum absolute atomic E-state index is 0.0457. The minimum Gasteiger partial charge on any atom is -0.358 e. The molecule has 0 saturated carbocycles. The highest BCUT2D eigenvalue weighted by atomic mass is 16.2. The van der Waals surface area contributed by atoms with Gasteiger partial charge in [0.1, 0.15) is 0 Å². The first-order valence-electron chi connectivity index (χ1n) is 8.53. The van der Waals surface area contributed by atoms with Crippen molar-refractivity contribution in [3.63, 3.8) is 0 Å². The van der Waals surface area contributed by atoms with E-state index in [4.69, 9.17) is 0 Å². The summed E-state index contributed by atoms with van der Waals surface area (Å²) in [7, 11) is 1.53. The molecule has 0 saturated heterocycles. The molecule has 25 heavy (non-hydrogen) atoms. The Labute approximate surface area is 146 Å². The molecule has 134 valence electrons. The molecule has 0 fully saturated rings. The van der Waals surface area contributed by atoms with Crippen molar-refractivity contribution in [2.45, 2.75) is 33.2 Å². The van der Waals surface area contributed by atoms with Gasteiger partial charge in [0.25, 0.3) is 11.5 Å². The first-order chi connectivity index (χ1) is 12.0. The summed E-state index contributed by atoms with van der Waals surface area (Å²) in [6.45, 7) is 4.62. The van der Waals surface area contributed by atoms with Crippen molar-refractivity contribution in [1.82, 2.24) is 20.0 Å². The number of aromatic nitrogens is 2. The van der Waals surface area contributed by atoms with Crippen LogP contribution in [0, 0.1) is 0 Å². The Balaban J connectivity index is 2.54. The Morgan fingerprint density at radius 3 is 2.48 bits per heavy atom. The number of hydrogen-bond donors (Lipinski definition) is 1. The second-order valence-electron chi connectivity index (χ2n) is 5.77. The van der Waals surface area contributed by atoms with E-state index in [9.17, 15) is 14.4 Å². The van der Waals surface area contributed by atoms with Gasteiger partial charge in [-0.05, 0) is 19.4 Å². The molecule has 0 aliphatic rings. The lowest BCUT2D eigenvalue weighted by molar-refractivity contribution is -0.121. The van der Waals surface area contributed by atoms with E-state index in [0.29, 0.717) is 23.9 Å². The number of fused-ring (bicyclic) bond motifs is 1. The predicted molar refractivity (Wildman–Crippen MR) is 96.6 cm³/mol. The SMILES string of the molecule is CCCCn1nc(C(=O)N(CC)CC(=O)NC)c2ccccc2c1=O. The van der Waals surface area contributed by atoms with Gasteiger partial charge in [0, 0.05) is 25.5 Å². The summed E-state index contributed by atoms with van der Waals surface area (Å²) in [6, 6.07) is 6.96. The van der Waals surface area contributed by atoms with E-state index in [2.05, 4.69) is 10.4 Å². The van der Waals surface area contributed by atoms with Crippen LogP contribution in [0.5, 0.6) is 0 Å². The van der Waals surface area contributed by atoms with Gasteiger partial charge in [0.05, 0.1) is 11.9 Å². The number of aryl methyl sites for hydroxylation is 1. The van der Waals surface area contributed by atoms with Crippen LogP contribution in [-0.2, 0) is 11.3 Å². The van der Waals surface area contributed by atoms with Gasteiger partial charge in [-0.3, -0.25) is 14.4 Å². The van der Waals surface area contributed by atoms with Gasteiger partial charge in [0.2, 0.25) is 5.91 Å². The second-order valence-corrected chi connectivity index (χ2v) is 5.77. The number of hydrogen-bond acceptors (Lipinski definition) is 4. The largest absolute Gasteiger partial charge is 0.358 e. The summed E-state index contributed by atoms with van der Waals surface area (Å²) in [5, 5.41) is 7.81. The molecule has 1 N–H and O–H groups in total. The smallest absolute Gasteiger partial charge is 0.275 e. The molecule has 0 bridgehead atoms. The lowest BCUT2D eigenvalue weighted by atomic mass is 10.1. The van der Waals surface area contributed by atoms with E-state index in [-0.39, 0.29) is 29.6 Å². The lowest BCUT2D eigenvalue weighted by Crippen LogP contribution is -2.40. The Morgan fingerprint density at radius 2 is 1.88 bits per heavy atom. The average Bonchev–Trinajstić information content (AvgIpc) is 2.65. The molecular weight excluding hydrogens is 320 g/mol. The predicted octanol–water partition coefficient (Wildman–Crippen LogP) is 1.40. The molecule has 1 heterocycles. The van der Waals surface area contributed by atoms with Gasteiger partial charge in [-0.1, -0.05) is 31.5 Å². The Morgan fingerprint density at radius 1 is 1.20 bits per heavy atom. The molecule has 0 atom stereocenters. The van der Waals surface area contributed by atoms with Crippen molar-refractivity contribution in [2.75, 3.05) is 20.1 Å². The molecular formula is C18H24N4O3. The number of carbonyl (C=O) groups is 2. The summed E-state index contributed by atoms with van der Waals surface area (Å²) in [6.07, 6.45) is 1.72. The van der Waals surface area contributed by atoms with Crippen molar-refractivity contribution >= 4 is 22.6 Å². The van der Waals surface area contributed by atoms with Crippen LogP contribution in [0.15, 0.2) is 29.1 Å². The number of nitrogens with zero attached hydrogens (tertiary/aromatic N) is 3. The van der Waals surface area contributed by atoms with Crippen LogP contribution in [-0.4, -0.2) is 46.6 Å². The number of likely N-dealkylation sites (N-methyl/N-ethyl adjacent to an activating group) is 2. The summed E-state index contributed by atoms with van der Waals surface area (Å²) >= 11 is 0. The molecule has 0 spiro atoms. The third-order valence-corrected chi connectivity index (χ3v) is 4.08. The first-order valence-corrected chi connectivity index (χ1v) is 8.53. The van der Waals surface area contributed by atoms with Gasteiger partial charge >= 0.3 is 0 Å². The number of unbranched alkanes of at least 4 members (excludes halogenated alkanes) is 1. The molecule has 0 radical (unpaired) electrons. The zero-order valence-corrected chi connectivity index (χ0v) is 14.9. The monoisotopic (exact) mass is 344 g/mol. The molecule has 7 heteroatoms. The Bertz CT molecular complexity index is 829. The van der Waals surface area contributed by atoms with Crippen molar-refractivity contribution in [3.05, 3.63) is 40.3 Å². The van der Waals surface area contributed by atoms with Gasteiger partial charge < -0.3 is 10.2 Å². The van der Waals surface area contributed by atoms with Crippen molar-refractivity contribution in [1.29, 1.82) is 0 Å². The zero-order valence-electron chi connectivity index (χ0n) is 14.9. The highest BCUT2D eigenvalue weighted by Gasteiger charge is 2.22. The highest BCUT2D eigenvalue weighted by molar-refractivity contribution is 6.05. The lowest BCUT2D eigenvalue weighted by Gasteiger charge is -2.20. The number of carbonyl (C=O) groups excluding carboxylic acids is 2. The van der Waals surface area contributed by atoms with Crippen molar-refractivity contribution in [2.24, 2.45) is 0 Å². The van der Waals surface area contributed by atoms with Gasteiger partial charge in [-0.2, -0.15) is 5.10 Å². The summed E-state index contributed by atoms with van der Waals surface area (Å²) in [5.41, 5.74) is 0.00649. The molecule has 2 aromatic rings. The molecule has 0 unspecified atom stereocenters.